The van der Waals surface area contributed by atoms with Crippen LogP contribution in [0.4, 0.5) is 8.78 Å². The lowest BCUT2D eigenvalue weighted by Gasteiger charge is -2.23. The first-order valence-electron chi connectivity index (χ1n) is 7.79. The highest BCUT2D eigenvalue weighted by Gasteiger charge is 2.49. The largest absolute Gasteiger partial charge is 0.386 e. The average Bonchev–Trinajstić information content (AvgIpc) is 2.63. The first kappa shape index (κ1) is 17.8. The zero-order chi connectivity index (χ0) is 17.7. The van der Waals surface area contributed by atoms with E-state index in [1.165, 1.54) is 12.1 Å². The summed E-state index contributed by atoms with van der Waals surface area (Å²) in [5.74, 6) is -6.98. The van der Waals surface area contributed by atoms with Crippen LogP contribution in [-0.2, 0) is 4.79 Å². The summed E-state index contributed by atoms with van der Waals surface area (Å²) in [5, 5.41) is 0. The molecule has 0 aliphatic heterocycles. The number of ketones is 1. The van der Waals surface area contributed by atoms with Crippen molar-refractivity contribution in [3.63, 3.8) is 0 Å². The average molecular weight is 331 g/mol. The topological polar surface area (TPSA) is 37.4 Å². The molecule has 0 saturated heterocycles. The molecule has 24 heavy (non-hydrogen) atoms. The number of halogens is 2. The molecule has 0 saturated carbocycles. The maximum Gasteiger partial charge on any atom is 0.386 e. The number of Topliss-reactive ketones (excluding diaryl/α,β-unsaturated/α-hetero) is 1. The lowest BCUT2D eigenvalue weighted by Crippen LogP contribution is -2.48. The predicted octanol–water partition coefficient (Wildman–Crippen LogP) is 4.04. The first-order chi connectivity index (χ1) is 11.4. The highest BCUT2D eigenvalue weighted by Crippen LogP contribution is 2.25. The highest BCUT2D eigenvalue weighted by molar-refractivity contribution is 6.15. The minimum atomic E-state index is -4.06. The number of carbonyl (C=O) groups excluding carboxylic acids is 2. The summed E-state index contributed by atoms with van der Waals surface area (Å²) in [4.78, 5) is 24.9. The summed E-state index contributed by atoms with van der Waals surface area (Å²) in [6.07, 6.45) is 0. The molecular weight excluding hydrogens is 312 g/mol. The molecule has 0 aliphatic carbocycles. The predicted molar refractivity (Wildman–Crippen MR) is 89.1 cm³/mol. The SMILES string of the molecule is CCN(CC)C(=O)C(F)(F)C(=O)c1ccc(-c2ccccc2)cc1. The highest BCUT2D eigenvalue weighted by atomic mass is 19.3. The number of benzene rings is 2. The standard InChI is InChI=1S/C19H19F2NO2/c1-3-22(4-2)18(24)19(20,21)17(23)16-12-10-15(11-13-16)14-8-6-5-7-9-14/h5-13H,3-4H2,1-2H3. The number of hydrogen-bond acceptors (Lipinski definition) is 2. The van der Waals surface area contributed by atoms with Crippen LogP contribution in [0.1, 0.15) is 24.2 Å². The summed E-state index contributed by atoms with van der Waals surface area (Å²) in [7, 11) is 0. The second-order valence-corrected chi connectivity index (χ2v) is 5.32. The van der Waals surface area contributed by atoms with Gasteiger partial charge in [-0.3, -0.25) is 9.59 Å². The molecule has 0 N–H and O–H groups in total. The quantitative estimate of drug-likeness (QED) is 0.592. The Labute approximate surface area is 139 Å². The molecule has 0 radical (unpaired) electrons. The molecule has 0 spiro atoms. The fourth-order valence-corrected chi connectivity index (χ4v) is 2.43. The Hall–Kier alpha value is -2.56. The van der Waals surface area contributed by atoms with Crippen LogP contribution in [0.15, 0.2) is 54.6 Å². The first-order valence-corrected chi connectivity index (χ1v) is 7.79. The third-order valence-electron chi connectivity index (χ3n) is 3.86. The van der Waals surface area contributed by atoms with Crippen LogP contribution in [0.3, 0.4) is 0 Å². The second kappa shape index (κ2) is 7.34. The van der Waals surface area contributed by atoms with Gasteiger partial charge in [0, 0.05) is 18.7 Å². The van der Waals surface area contributed by atoms with Crippen LogP contribution in [0.2, 0.25) is 0 Å². The smallest absolute Gasteiger partial charge is 0.338 e. The molecule has 0 atom stereocenters. The van der Waals surface area contributed by atoms with Gasteiger partial charge in [0.1, 0.15) is 0 Å². The second-order valence-electron chi connectivity index (χ2n) is 5.32. The molecule has 126 valence electrons. The lowest BCUT2D eigenvalue weighted by molar-refractivity contribution is -0.150. The van der Waals surface area contributed by atoms with Crippen molar-refractivity contribution >= 4 is 11.7 Å². The van der Waals surface area contributed by atoms with Gasteiger partial charge < -0.3 is 4.90 Å². The van der Waals surface area contributed by atoms with Gasteiger partial charge in [0.2, 0.25) is 5.78 Å². The third-order valence-corrected chi connectivity index (χ3v) is 3.86. The van der Waals surface area contributed by atoms with Crippen LogP contribution >= 0.6 is 0 Å². The molecule has 2 aromatic carbocycles. The maximum atomic E-state index is 14.2. The van der Waals surface area contributed by atoms with Crippen molar-refractivity contribution < 1.29 is 18.4 Å². The Bertz CT molecular complexity index is 708. The van der Waals surface area contributed by atoms with Gasteiger partial charge in [-0.2, -0.15) is 8.78 Å². The van der Waals surface area contributed by atoms with Crippen molar-refractivity contribution in [1.29, 1.82) is 0 Å². The van der Waals surface area contributed by atoms with Gasteiger partial charge in [-0.1, -0.05) is 54.6 Å². The number of nitrogens with zero attached hydrogens (tertiary/aromatic N) is 1. The minimum absolute atomic E-state index is 0.130. The molecule has 0 heterocycles. The molecule has 0 aliphatic rings. The van der Waals surface area contributed by atoms with Gasteiger partial charge in [-0.25, -0.2) is 0 Å². The van der Waals surface area contributed by atoms with E-state index in [4.69, 9.17) is 0 Å². The zero-order valence-electron chi connectivity index (χ0n) is 13.6. The molecule has 5 heteroatoms. The number of hydrogen-bond donors (Lipinski definition) is 0. The molecule has 0 aromatic heterocycles. The fourth-order valence-electron chi connectivity index (χ4n) is 2.43. The van der Waals surface area contributed by atoms with E-state index in [9.17, 15) is 18.4 Å². The van der Waals surface area contributed by atoms with Crippen molar-refractivity contribution in [2.45, 2.75) is 19.8 Å². The zero-order valence-corrected chi connectivity index (χ0v) is 13.6. The van der Waals surface area contributed by atoms with Gasteiger partial charge in [-0.05, 0) is 25.0 Å². The molecular formula is C19H19F2NO2. The number of amides is 1. The van der Waals surface area contributed by atoms with E-state index in [1.807, 2.05) is 30.3 Å². The number of alkyl halides is 2. The van der Waals surface area contributed by atoms with Crippen LogP contribution in [0.5, 0.6) is 0 Å². The normalized spacial score (nSPS) is 11.2. The van der Waals surface area contributed by atoms with Crippen LogP contribution in [0, 0.1) is 0 Å². The van der Waals surface area contributed by atoms with Crippen LogP contribution in [-0.4, -0.2) is 35.6 Å². The van der Waals surface area contributed by atoms with E-state index in [1.54, 1.807) is 26.0 Å². The Morgan fingerprint density at radius 1 is 0.875 bits per heavy atom. The monoisotopic (exact) mass is 331 g/mol. The van der Waals surface area contributed by atoms with Crippen molar-refractivity contribution in [2.75, 3.05) is 13.1 Å². The summed E-state index contributed by atoms with van der Waals surface area (Å²) in [6.45, 7) is 3.45. The van der Waals surface area contributed by atoms with E-state index in [2.05, 4.69) is 0 Å². The van der Waals surface area contributed by atoms with Crippen molar-refractivity contribution in [1.82, 2.24) is 4.90 Å². The molecule has 2 rings (SSSR count). The molecule has 2 aromatic rings. The van der Waals surface area contributed by atoms with E-state index >= 15 is 0 Å². The van der Waals surface area contributed by atoms with Crippen molar-refractivity contribution in [3.05, 3.63) is 60.2 Å². The van der Waals surface area contributed by atoms with E-state index in [0.29, 0.717) is 0 Å². The van der Waals surface area contributed by atoms with E-state index in [-0.39, 0.29) is 18.7 Å². The minimum Gasteiger partial charge on any atom is -0.338 e. The van der Waals surface area contributed by atoms with Gasteiger partial charge in [0.15, 0.2) is 0 Å². The summed E-state index contributed by atoms with van der Waals surface area (Å²) < 4.78 is 28.4. The summed E-state index contributed by atoms with van der Waals surface area (Å²) in [5.41, 5.74) is 1.55. The Balaban J connectivity index is 2.25. The van der Waals surface area contributed by atoms with Gasteiger partial charge >= 0.3 is 11.8 Å². The van der Waals surface area contributed by atoms with Gasteiger partial charge in [-0.15, -0.1) is 0 Å². The summed E-state index contributed by atoms with van der Waals surface area (Å²) >= 11 is 0. The third kappa shape index (κ3) is 3.50. The lowest BCUT2D eigenvalue weighted by atomic mass is 10.00. The Kier molecular flexibility index (Phi) is 5.44. The van der Waals surface area contributed by atoms with E-state index < -0.39 is 17.6 Å². The summed E-state index contributed by atoms with van der Waals surface area (Å²) in [6, 6.07) is 15.2. The number of carbonyl (C=O) groups is 2. The Morgan fingerprint density at radius 2 is 1.38 bits per heavy atom. The molecule has 1 amide bonds. The van der Waals surface area contributed by atoms with Gasteiger partial charge in [0.25, 0.3) is 0 Å². The van der Waals surface area contributed by atoms with Crippen LogP contribution in [0.25, 0.3) is 11.1 Å². The molecule has 0 bridgehead atoms. The van der Waals surface area contributed by atoms with E-state index in [0.717, 1.165) is 16.0 Å². The van der Waals surface area contributed by atoms with Crippen LogP contribution < -0.4 is 0 Å². The van der Waals surface area contributed by atoms with Crippen molar-refractivity contribution in [2.24, 2.45) is 0 Å². The number of rotatable bonds is 6. The molecule has 0 fully saturated rings. The molecule has 0 unspecified atom stereocenters. The van der Waals surface area contributed by atoms with Gasteiger partial charge in [0.05, 0.1) is 0 Å². The Morgan fingerprint density at radius 3 is 1.88 bits per heavy atom. The fraction of sp³-hybridized carbons (Fsp3) is 0.263. The maximum absolute atomic E-state index is 14.2. The molecule has 3 nitrogen and oxygen atoms in total. The van der Waals surface area contributed by atoms with Crippen molar-refractivity contribution in [3.8, 4) is 11.1 Å².